The Morgan fingerprint density at radius 1 is 0.938 bits per heavy atom. The Morgan fingerprint density at radius 3 is 2.34 bits per heavy atom. The van der Waals surface area contributed by atoms with E-state index < -0.39 is 0 Å². The Kier molecular flexibility index (Phi) is 5.95. The average Bonchev–Trinajstić information content (AvgIpc) is 3.55. The summed E-state index contributed by atoms with van der Waals surface area (Å²) < 4.78 is 7.38. The molecule has 0 N–H and O–H groups in total. The molecule has 0 spiro atoms. The van der Waals surface area contributed by atoms with Crippen LogP contribution >= 0.6 is 0 Å². The molecule has 1 aromatic heterocycles. The summed E-state index contributed by atoms with van der Waals surface area (Å²) in [5.74, 6) is 0.755. The molecular formula is C26H30N4O2. The number of rotatable bonds is 5. The molecule has 2 heterocycles. The summed E-state index contributed by atoms with van der Waals surface area (Å²) in [4.78, 5) is 18.2. The highest BCUT2D eigenvalue weighted by Crippen LogP contribution is 2.33. The van der Waals surface area contributed by atoms with Crippen molar-refractivity contribution in [3.8, 4) is 22.7 Å². The fourth-order valence-corrected chi connectivity index (χ4v) is 5.01. The third kappa shape index (κ3) is 4.02. The predicted octanol–water partition coefficient (Wildman–Crippen LogP) is 4.25. The summed E-state index contributed by atoms with van der Waals surface area (Å²) in [6.07, 6.45) is 7.14. The quantitative estimate of drug-likeness (QED) is 0.607. The molecule has 166 valence electrons. The van der Waals surface area contributed by atoms with Crippen molar-refractivity contribution in [2.45, 2.75) is 31.7 Å². The van der Waals surface area contributed by atoms with E-state index in [9.17, 15) is 4.79 Å². The molecule has 0 radical (unpaired) electrons. The summed E-state index contributed by atoms with van der Waals surface area (Å²) in [5, 5.41) is 4.83. The van der Waals surface area contributed by atoms with Gasteiger partial charge in [0.05, 0.1) is 18.4 Å². The van der Waals surface area contributed by atoms with Crippen LogP contribution in [0.25, 0.3) is 16.9 Å². The number of ether oxygens (including phenoxy) is 1. The van der Waals surface area contributed by atoms with Gasteiger partial charge in [0.25, 0.3) is 5.91 Å². The molecule has 1 saturated heterocycles. The molecule has 0 bridgehead atoms. The van der Waals surface area contributed by atoms with Crippen LogP contribution in [0, 0.1) is 0 Å². The first-order valence-electron chi connectivity index (χ1n) is 11.6. The van der Waals surface area contributed by atoms with Crippen molar-refractivity contribution in [3.63, 3.8) is 0 Å². The van der Waals surface area contributed by atoms with E-state index in [-0.39, 0.29) is 5.91 Å². The summed E-state index contributed by atoms with van der Waals surface area (Å²) >= 11 is 0. The minimum absolute atomic E-state index is 0.0409. The molecule has 32 heavy (non-hydrogen) atoms. The van der Waals surface area contributed by atoms with Crippen LogP contribution in [0.4, 0.5) is 0 Å². The second-order valence-corrected chi connectivity index (χ2v) is 8.64. The van der Waals surface area contributed by atoms with Gasteiger partial charge < -0.3 is 9.64 Å². The molecule has 0 atom stereocenters. The summed E-state index contributed by atoms with van der Waals surface area (Å²) in [6, 6.07) is 18.4. The van der Waals surface area contributed by atoms with Crippen LogP contribution in [0.15, 0.2) is 60.8 Å². The lowest BCUT2D eigenvalue weighted by Crippen LogP contribution is -2.51. The Balaban J connectivity index is 1.45. The van der Waals surface area contributed by atoms with Gasteiger partial charge in [-0.1, -0.05) is 43.2 Å². The zero-order chi connectivity index (χ0) is 21.9. The summed E-state index contributed by atoms with van der Waals surface area (Å²) in [6.45, 7) is 3.43. The van der Waals surface area contributed by atoms with Crippen LogP contribution in [0.3, 0.4) is 0 Å². The van der Waals surface area contributed by atoms with E-state index in [4.69, 9.17) is 9.84 Å². The molecule has 0 unspecified atom stereocenters. The highest BCUT2D eigenvalue weighted by molar-refractivity contribution is 6.00. The first-order chi connectivity index (χ1) is 15.7. The van der Waals surface area contributed by atoms with E-state index in [1.807, 2.05) is 65.7 Å². The lowest BCUT2D eigenvalue weighted by molar-refractivity contribution is 0.0574. The summed E-state index contributed by atoms with van der Waals surface area (Å²) in [7, 11) is 1.65. The standard InChI is InChI=1S/C26H30N4O2/c1-32-24-14-8-7-13-22(24)25-23(19-30(27-25)21-11-3-2-4-12-21)26(31)29-17-15-28(16-18-29)20-9-5-6-10-20/h2-4,7-8,11-14,19-20H,5-6,9-10,15-18H2,1H3. The van der Waals surface area contributed by atoms with Crippen LogP contribution in [0.1, 0.15) is 36.0 Å². The van der Waals surface area contributed by atoms with E-state index in [1.54, 1.807) is 11.8 Å². The number of carbonyl (C=O) groups excluding carboxylic acids is 1. The van der Waals surface area contributed by atoms with Crippen molar-refractivity contribution in [2.75, 3.05) is 33.3 Å². The number of benzene rings is 2. The topological polar surface area (TPSA) is 50.6 Å². The van der Waals surface area contributed by atoms with Crippen LogP contribution in [-0.4, -0.2) is 64.8 Å². The van der Waals surface area contributed by atoms with Crippen LogP contribution in [0.2, 0.25) is 0 Å². The second kappa shape index (κ2) is 9.17. The van der Waals surface area contributed by atoms with Gasteiger partial charge in [-0.2, -0.15) is 5.10 Å². The van der Waals surface area contributed by atoms with Crippen molar-refractivity contribution in [2.24, 2.45) is 0 Å². The molecule has 3 aromatic rings. The lowest BCUT2D eigenvalue weighted by Gasteiger charge is -2.38. The average molecular weight is 431 g/mol. The SMILES string of the molecule is COc1ccccc1-c1nn(-c2ccccc2)cc1C(=O)N1CCN(C2CCCC2)CC1. The van der Waals surface area contributed by atoms with Crippen molar-refractivity contribution in [3.05, 3.63) is 66.4 Å². The van der Waals surface area contributed by atoms with E-state index in [2.05, 4.69) is 4.90 Å². The molecule has 1 saturated carbocycles. The van der Waals surface area contributed by atoms with Crippen molar-refractivity contribution in [1.29, 1.82) is 0 Å². The van der Waals surface area contributed by atoms with Crippen LogP contribution < -0.4 is 4.74 Å². The van der Waals surface area contributed by atoms with Crippen molar-refractivity contribution >= 4 is 5.91 Å². The van der Waals surface area contributed by atoms with Crippen LogP contribution in [0.5, 0.6) is 5.75 Å². The lowest BCUT2D eigenvalue weighted by atomic mass is 10.1. The Morgan fingerprint density at radius 2 is 1.62 bits per heavy atom. The number of methoxy groups -OCH3 is 1. The number of carbonyl (C=O) groups is 1. The first-order valence-corrected chi connectivity index (χ1v) is 11.6. The highest BCUT2D eigenvalue weighted by Gasteiger charge is 2.30. The second-order valence-electron chi connectivity index (χ2n) is 8.64. The fourth-order valence-electron chi connectivity index (χ4n) is 5.01. The van der Waals surface area contributed by atoms with Gasteiger partial charge >= 0.3 is 0 Å². The number of hydrogen-bond donors (Lipinski definition) is 0. The van der Waals surface area contributed by atoms with Gasteiger partial charge in [-0.15, -0.1) is 0 Å². The number of para-hydroxylation sites is 2. The van der Waals surface area contributed by atoms with Gasteiger partial charge in [0, 0.05) is 44.0 Å². The van der Waals surface area contributed by atoms with Gasteiger partial charge in [0.15, 0.2) is 0 Å². The third-order valence-corrected chi connectivity index (χ3v) is 6.77. The Labute approximate surface area is 189 Å². The molecule has 2 fully saturated rings. The molecule has 2 aliphatic rings. The van der Waals surface area contributed by atoms with E-state index >= 15 is 0 Å². The number of hydrogen-bond acceptors (Lipinski definition) is 4. The third-order valence-electron chi connectivity index (χ3n) is 6.77. The minimum Gasteiger partial charge on any atom is -0.496 e. The number of nitrogens with zero attached hydrogens (tertiary/aromatic N) is 4. The maximum absolute atomic E-state index is 13.7. The van der Waals surface area contributed by atoms with Gasteiger partial charge in [-0.25, -0.2) is 4.68 Å². The Hall–Kier alpha value is -3.12. The molecule has 6 heteroatoms. The number of piperazine rings is 1. The van der Waals surface area contributed by atoms with Gasteiger partial charge in [-0.3, -0.25) is 9.69 Å². The number of amides is 1. The Bertz CT molecular complexity index is 1060. The molecule has 1 aliphatic heterocycles. The number of aromatic nitrogens is 2. The summed E-state index contributed by atoms with van der Waals surface area (Å²) in [5.41, 5.74) is 3.04. The molecule has 5 rings (SSSR count). The maximum Gasteiger partial charge on any atom is 0.257 e. The first kappa shape index (κ1) is 20.8. The molecule has 1 aliphatic carbocycles. The van der Waals surface area contributed by atoms with Crippen LogP contribution in [-0.2, 0) is 0 Å². The van der Waals surface area contributed by atoms with E-state index in [1.165, 1.54) is 25.7 Å². The zero-order valence-corrected chi connectivity index (χ0v) is 18.6. The molecule has 1 amide bonds. The molecule has 2 aromatic carbocycles. The smallest absolute Gasteiger partial charge is 0.257 e. The van der Waals surface area contributed by atoms with E-state index in [0.29, 0.717) is 23.0 Å². The van der Waals surface area contributed by atoms with Crippen molar-refractivity contribution < 1.29 is 9.53 Å². The monoisotopic (exact) mass is 430 g/mol. The largest absolute Gasteiger partial charge is 0.496 e. The van der Waals surface area contributed by atoms with Gasteiger partial charge in [0.2, 0.25) is 0 Å². The van der Waals surface area contributed by atoms with Gasteiger partial charge in [0.1, 0.15) is 11.4 Å². The molecular weight excluding hydrogens is 400 g/mol. The predicted molar refractivity (Wildman–Crippen MR) is 125 cm³/mol. The highest BCUT2D eigenvalue weighted by atomic mass is 16.5. The molecule has 6 nitrogen and oxygen atoms in total. The fraction of sp³-hybridized carbons (Fsp3) is 0.385. The maximum atomic E-state index is 13.7. The van der Waals surface area contributed by atoms with E-state index in [0.717, 1.165) is 37.4 Å². The minimum atomic E-state index is 0.0409. The zero-order valence-electron chi connectivity index (χ0n) is 18.6. The van der Waals surface area contributed by atoms with Crippen molar-refractivity contribution in [1.82, 2.24) is 19.6 Å². The van der Waals surface area contributed by atoms with Gasteiger partial charge in [-0.05, 0) is 37.1 Å². The normalized spacial score (nSPS) is 17.6.